The highest BCUT2D eigenvalue weighted by molar-refractivity contribution is 6.03. The molecule has 3 rings (SSSR count). The van der Waals surface area contributed by atoms with Crippen molar-refractivity contribution in [2.24, 2.45) is 0 Å². The average molecular weight is 347 g/mol. The Kier molecular flexibility index (Phi) is 5.15. The van der Waals surface area contributed by atoms with Crippen LogP contribution in [-0.2, 0) is 6.54 Å². The number of carbonyl (C=O) groups excluding carboxylic acids is 1. The molecule has 1 aromatic heterocycles. The molecule has 0 radical (unpaired) electrons. The number of para-hydroxylation sites is 1. The Labute approximate surface area is 149 Å². The van der Waals surface area contributed by atoms with E-state index < -0.39 is 5.91 Å². The van der Waals surface area contributed by atoms with Crippen LogP contribution >= 0.6 is 0 Å². The van der Waals surface area contributed by atoms with Gasteiger partial charge in [0, 0.05) is 6.54 Å². The van der Waals surface area contributed by atoms with E-state index in [9.17, 15) is 9.18 Å². The van der Waals surface area contributed by atoms with Crippen molar-refractivity contribution in [3.8, 4) is 6.07 Å². The molecule has 128 valence electrons. The molecule has 2 aromatic carbocycles. The van der Waals surface area contributed by atoms with Crippen molar-refractivity contribution in [1.29, 1.82) is 5.26 Å². The Hall–Kier alpha value is -3.79. The van der Waals surface area contributed by atoms with Crippen molar-refractivity contribution in [2.45, 2.75) is 6.54 Å². The lowest BCUT2D eigenvalue weighted by Crippen LogP contribution is -2.15. The highest BCUT2D eigenvalue weighted by Gasteiger charge is 2.10. The summed E-state index contributed by atoms with van der Waals surface area (Å²) in [7, 11) is 0. The maximum absolute atomic E-state index is 12.9. The molecule has 0 aliphatic rings. The summed E-state index contributed by atoms with van der Waals surface area (Å²) in [5.74, 6) is -0.254. The second-order valence-electron chi connectivity index (χ2n) is 5.38. The molecule has 0 aliphatic carbocycles. The third kappa shape index (κ3) is 4.19. The first kappa shape index (κ1) is 17.0. The topological polar surface area (TPSA) is 90.7 Å². The molecule has 0 spiro atoms. The number of nitrogens with zero attached hydrogens (tertiary/aromatic N) is 3. The van der Waals surface area contributed by atoms with E-state index in [-0.39, 0.29) is 11.5 Å². The van der Waals surface area contributed by atoms with E-state index in [4.69, 9.17) is 5.26 Å². The van der Waals surface area contributed by atoms with Gasteiger partial charge in [0.05, 0.1) is 23.6 Å². The first-order valence-electron chi connectivity index (χ1n) is 7.76. The fourth-order valence-electron chi connectivity index (χ4n) is 2.21. The monoisotopic (exact) mass is 347 g/mol. The zero-order valence-corrected chi connectivity index (χ0v) is 13.6. The van der Waals surface area contributed by atoms with Crippen LogP contribution in [0.5, 0.6) is 0 Å². The molecule has 0 atom stereocenters. The van der Waals surface area contributed by atoms with Crippen molar-refractivity contribution < 1.29 is 9.18 Å². The van der Waals surface area contributed by atoms with Crippen LogP contribution in [0.4, 0.5) is 15.9 Å². The first-order chi connectivity index (χ1) is 12.7. The largest absolute Gasteiger partial charge is 0.365 e. The van der Waals surface area contributed by atoms with Crippen LogP contribution in [-0.4, -0.2) is 15.9 Å². The molecule has 0 bridgehead atoms. The van der Waals surface area contributed by atoms with E-state index in [0.717, 1.165) is 5.56 Å². The van der Waals surface area contributed by atoms with Gasteiger partial charge >= 0.3 is 0 Å². The zero-order valence-electron chi connectivity index (χ0n) is 13.6. The highest BCUT2D eigenvalue weighted by Crippen LogP contribution is 2.14. The van der Waals surface area contributed by atoms with Crippen LogP contribution in [0.15, 0.2) is 60.9 Å². The summed E-state index contributed by atoms with van der Waals surface area (Å²) in [6.07, 6.45) is 2.78. The van der Waals surface area contributed by atoms with Crippen LogP contribution < -0.4 is 10.6 Å². The summed E-state index contributed by atoms with van der Waals surface area (Å²) in [4.78, 5) is 20.4. The Bertz CT molecular complexity index is 949. The predicted molar refractivity (Wildman–Crippen MR) is 94.9 cm³/mol. The van der Waals surface area contributed by atoms with Gasteiger partial charge in [0.1, 0.15) is 23.4 Å². The SMILES string of the molecule is N#Cc1ccccc1NC(=O)c1cnc(NCc2ccc(F)cc2)cn1. The third-order valence-electron chi connectivity index (χ3n) is 3.57. The number of anilines is 2. The number of nitrogens with one attached hydrogen (secondary N) is 2. The van der Waals surface area contributed by atoms with Gasteiger partial charge in [-0.1, -0.05) is 24.3 Å². The summed E-state index contributed by atoms with van der Waals surface area (Å²) in [6.45, 7) is 0.454. The number of rotatable bonds is 5. The molecule has 6 nitrogen and oxygen atoms in total. The standard InChI is InChI=1S/C19H14FN5O/c20-15-7-5-13(6-8-15)10-23-18-12-22-17(11-24-18)19(26)25-16-4-2-1-3-14(16)9-21/h1-8,11-12H,10H2,(H,23,24)(H,25,26). The average Bonchev–Trinajstić information content (AvgIpc) is 2.68. The van der Waals surface area contributed by atoms with E-state index in [1.165, 1.54) is 24.5 Å². The van der Waals surface area contributed by atoms with Crippen molar-refractivity contribution in [2.75, 3.05) is 10.6 Å². The number of hydrogen-bond acceptors (Lipinski definition) is 5. The molecule has 2 N–H and O–H groups in total. The van der Waals surface area contributed by atoms with Gasteiger partial charge in [0.15, 0.2) is 0 Å². The molecule has 7 heteroatoms. The van der Waals surface area contributed by atoms with Gasteiger partial charge in [-0.2, -0.15) is 5.26 Å². The number of nitriles is 1. The smallest absolute Gasteiger partial charge is 0.275 e. The molecule has 1 heterocycles. The van der Waals surface area contributed by atoms with E-state index >= 15 is 0 Å². The number of hydrogen-bond donors (Lipinski definition) is 2. The minimum absolute atomic E-state index is 0.130. The molecule has 0 saturated carbocycles. The van der Waals surface area contributed by atoms with Crippen molar-refractivity contribution in [3.63, 3.8) is 0 Å². The molecule has 0 fully saturated rings. The minimum atomic E-state index is -0.453. The lowest BCUT2D eigenvalue weighted by atomic mass is 10.2. The summed E-state index contributed by atoms with van der Waals surface area (Å²) in [5.41, 5.74) is 1.81. The Morgan fingerprint density at radius 2 is 1.85 bits per heavy atom. The fourth-order valence-corrected chi connectivity index (χ4v) is 2.21. The van der Waals surface area contributed by atoms with E-state index in [0.29, 0.717) is 23.6 Å². The van der Waals surface area contributed by atoms with Gasteiger partial charge < -0.3 is 10.6 Å². The lowest BCUT2D eigenvalue weighted by Gasteiger charge is -2.08. The normalized spacial score (nSPS) is 10.0. The molecule has 1 amide bonds. The van der Waals surface area contributed by atoms with E-state index in [2.05, 4.69) is 20.6 Å². The van der Waals surface area contributed by atoms with Crippen LogP contribution in [0.1, 0.15) is 21.6 Å². The summed E-state index contributed by atoms with van der Waals surface area (Å²) in [5, 5.41) is 14.7. The van der Waals surface area contributed by atoms with Crippen LogP contribution in [0, 0.1) is 17.1 Å². The summed E-state index contributed by atoms with van der Waals surface area (Å²) >= 11 is 0. The second-order valence-corrected chi connectivity index (χ2v) is 5.38. The predicted octanol–water partition coefficient (Wildman–Crippen LogP) is 3.35. The molecular weight excluding hydrogens is 333 g/mol. The number of carbonyl (C=O) groups is 1. The number of amides is 1. The molecule has 26 heavy (non-hydrogen) atoms. The first-order valence-corrected chi connectivity index (χ1v) is 7.76. The molecule has 3 aromatic rings. The molecule has 0 aliphatic heterocycles. The maximum atomic E-state index is 12.9. The van der Waals surface area contributed by atoms with Gasteiger partial charge in [-0.15, -0.1) is 0 Å². The van der Waals surface area contributed by atoms with Gasteiger partial charge in [-0.25, -0.2) is 14.4 Å². The van der Waals surface area contributed by atoms with E-state index in [1.54, 1.807) is 36.4 Å². The van der Waals surface area contributed by atoms with Crippen molar-refractivity contribution in [1.82, 2.24) is 9.97 Å². The van der Waals surface area contributed by atoms with Crippen molar-refractivity contribution in [3.05, 3.63) is 83.6 Å². The van der Waals surface area contributed by atoms with Crippen LogP contribution in [0.2, 0.25) is 0 Å². The van der Waals surface area contributed by atoms with Gasteiger partial charge in [0.25, 0.3) is 5.91 Å². The number of benzene rings is 2. The third-order valence-corrected chi connectivity index (χ3v) is 3.57. The number of halogens is 1. The summed E-state index contributed by atoms with van der Waals surface area (Å²) in [6, 6.07) is 14.8. The fraction of sp³-hybridized carbons (Fsp3) is 0.0526. The molecule has 0 unspecified atom stereocenters. The van der Waals surface area contributed by atoms with E-state index in [1.807, 2.05) is 6.07 Å². The molecule has 0 saturated heterocycles. The Morgan fingerprint density at radius 1 is 1.08 bits per heavy atom. The second kappa shape index (κ2) is 7.85. The lowest BCUT2D eigenvalue weighted by molar-refractivity contribution is 0.102. The highest BCUT2D eigenvalue weighted by atomic mass is 19.1. The van der Waals surface area contributed by atoms with Gasteiger partial charge in [0.2, 0.25) is 0 Å². The maximum Gasteiger partial charge on any atom is 0.275 e. The zero-order chi connectivity index (χ0) is 18.4. The van der Waals surface area contributed by atoms with Gasteiger partial charge in [-0.05, 0) is 29.8 Å². The Balaban J connectivity index is 1.62. The summed E-state index contributed by atoms with van der Waals surface area (Å²) < 4.78 is 12.9. The molecular formula is C19H14FN5O. The van der Waals surface area contributed by atoms with Crippen LogP contribution in [0.25, 0.3) is 0 Å². The Morgan fingerprint density at radius 3 is 2.54 bits per heavy atom. The van der Waals surface area contributed by atoms with Crippen LogP contribution in [0.3, 0.4) is 0 Å². The quantitative estimate of drug-likeness (QED) is 0.738. The number of aromatic nitrogens is 2. The van der Waals surface area contributed by atoms with Crippen molar-refractivity contribution >= 4 is 17.4 Å². The minimum Gasteiger partial charge on any atom is -0.365 e. The van der Waals surface area contributed by atoms with Gasteiger partial charge in [-0.3, -0.25) is 4.79 Å².